The van der Waals surface area contributed by atoms with Crippen molar-refractivity contribution in [2.24, 2.45) is 0 Å². The van der Waals surface area contributed by atoms with E-state index >= 15 is 0 Å². The number of para-hydroxylation sites is 1. The predicted octanol–water partition coefficient (Wildman–Crippen LogP) is 0.400. The number of aliphatic carboxylic acids is 1. The zero-order valence-electron chi connectivity index (χ0n) is 10.4. The molecule has 0 aliphatic heterocycles. The molecule has 19 heavy (non-hydrogen) atoms. The molecule has 1 rings (SSSR count). The van der Waals surface area contributed by atoms with Gasteiger partial charge in [0.25, 0.3) is 0 Å². The number of carboxylic acid groups (broad SMARTS) is 1. The number of aliphatic hydroxyl groups is 1. The van der Waals surface area contributed by atoms with Gasteiger partial charge in [0, 0.05) is 18.4 Å². The lowest BCUT2D eigenvalue weighted by molar-refractivity contribution is -0.140. The SMILES string of the molecule is COCc1ccccc1NC(=O)N[C@H](CO)C(=O)O. The molecule has 0 spiro atoms. The quantitative estimate of drug-likeness (QED) is 0.597. The lowest BCUT2D eigenvalue weighted by Gasteiger charge is -2.14. The molecule has 0 heterocycles. The maximum absolute atomic E-state index is 11.6. The smallest absolute Gasteiger partial charge is 0.328 e. The van der Waals surface area contributed by atoms with Crippen molar-refractivity contribution in [2.45, 2.75) is 12.6 Å². The fourth-order valence-electron chi connectivity index (χ4n) is 1.43. The highest BCUT2D eigenvalue weighted by Crippen LogP contribution is 2.15. The number of aliphatic hydroxyl groups excluding tert-OH is 1. The van der Waals surface area contributed by atoms with Crippen LogP contribution in [0.2, 0.25) is 0 Å². The largest absolute Gasteiger partial charge is 0.480 e. The summed E-state index contributed by atoms with van der Waals surface area (Å²) in [5.74, 6) is -1.30. The zero-order valence-corrected chi connectivity index (χ0v) is 10.4. The molecule has 0 aromatic heterocycles. The Morgan fingerprint density at radius 3 is 2.63 bits per heavy atom. The summed E-state index contributed by atoms with van der Waals surface area (Å²) >= 11 is 0. The van der Waals surface area contributed by atoms with Crippen LogP contribution in [-0.4, -0.2) is 42.0 Å². The highest BCUT2D eigenvalue weighted by Gasteiger charge is 2.18. The van der Waals surface area contributed by atoms with Crippen LogP contribution in [0.1, 0.15) is 5.56 Å². The molecule has 0 bridgehead atoms. The normalized spacial score (nSPS) is 11.7. The first-order chi connectivity index (χ1) is 9.08. The van der Waals surface area contributed by atoms with E-state index in [-0.39, 0.29) is 0 Å². The molecule has 4 N–H and O–H groups in total. The minimum atomic E-state index is -1.34. The monoisotopic (exact) mass is 268 g/mol. The Morgan fingerprint density at radius 2 is 2.05 bits per heavy atom. The van der Waals surface area contributed by atoms with Gasteiger partial charge in [0.15, 0.2) is 6.04 Å². The van der Waals surface area contributed by atoms with E-state index in [9.17, 15) is 9.59 Å². The molecular formula is C12H16N2O5. The van der Waals surface area contributed by atoms with Crippen LogP contribution in [0.25, 0.3) is 0 Å². The third-order valence-corrected chi connectivity index (χ3v) is 2.35. The van der Waals surface area contributed by atoms with E-state index in [4.69, 9.17) is 14.9 Å². The van der Waals surface area contributed by atoms with Crippen molar-refractivity contribution in [1.82, 2.24) is 5.32 Å². The third-order valence-electron chi connectivity index (χ3n) is 2.35. The fraction of sp³-hybridized carbons (Fsp3) is 0.333. The minimum absolute atomic E-state index is 0.318. The number of hydrogen-bond acceptors (Lipinski definition) is 4. The Labute approximate surface area is 110 Å². The van der Waals surface area contributed by atoms with Gasteiger partial charge in [0.2, 0.25) is 0 Å². The Bertz CT molecular complexity index is 450. The van der Waals surface area contributed by atoms with Crippen LogP contribution in [0.4, 0.5) is 10.5 Å². The van der Waals surface area contributed by atoms with E-state index in [0.717, 1.165) is 5.56 Å². The Balaban J connectivity index is 2.69. The number of rotatable bonds is 6. The first kappa shape index (κ1) is 14.9. The van der Waals surface area contributed by atoms with Crippen LogP contribution in [0.5, 0.6) is 0 Å². The number of anilines is 1. The molecule has 7 heteroatoms. The van der Waals surface area contributed by atoms with Crippen LogP contribution in [0.3, 0.4) is 0 Å². The van der Waals surface area contributed by atoms with E-state index in [0.29, 0.717) is 12.3 Å². The molecule has 0 unspecified atom stereocenters. The Morgan fingerprint density at radius 1 is 1.37 bits per heavy atom. The second-order valence-electron chi connectivity index (χ2n) is 3.76. The molecule has 0 radical (unpaired) electrons. The van der Waals surface area contributed by atoms with Crippen molar-refractivity contribution in [1.29, 1.82) is 0 Å². The average molecular weight is 268 g/mol. The Kier molecular flexibility index (Phi) is 5.77. The van der Waals surface area contributed by atoms with Gasteiger partial charge in [-0.3, -0.25) is 0 Å². The van der Waals surface area contributed by atoms with Gasteiger partial charge in [0.05, 0.1) is 13.2 Å². The first-order valence-corrected chi connectivity index (χ1v) is 5.56. The number of carbonyl (C=O) groups is 2. The van der Waals surface area contributed by atoms with E-state index in [1.54, 1.807) is 24.3 Å². The molecule has 1 atom stereocenters. The molecule has 2 amide bonds. The summed E-state index contributed by atoms with van der Waals surface area (Å²) in [6.45, 7) is -0.360. The summed E-state index contributed by atoms with van der Waals surface area (Å²) in [4.78, 5) is 22.3. The molecule has 1 aromatic carbocycles. The van der Waals surface area contributed by atoms with Crippen molar-refractivity contribution in [3.8, 4) is 0 Å². The van der Waals surface area contributed by atoms with Gasteiger partial charge >= 0.3 is 12.0 Å². The van der Waals surface area contributed by atoms with Gasteiger partial charge in [-0.1, -0.05) is 18.2 Å². The van der Waals surface area contributed by atoms with Crippen molar-refractivity contribution in [3.63, 3.8) is 0 Å². The predicted molar refractivity (Wildman–Crippen MR) is 67.8 cm³/mol. The molecule has 0 fully saturated rings. The number of ether oxygens (including phenoxy) is 1. The third kappa shape index (κ3) is 4.57. The minimum Gasteiger partial charge on any atom is -0.480 e. The Hall–Kier alpha value is -2.12. The molecule has 0 saturated heterocycles. The van der Waals surface area contributed by atoms with Gasteiger partial charge < -0.3 is 25.6 Å². The number of urea groups is 1. The summed E-state index contributed by atoms with van der Waals surface area (Å²) in [7, 11) is 1.53. The molecule has 7 nitrogen and oxygen atoms in total. The number of carbonyl (C=O) groups excluding carboxylic acids is 1. The van der Waals surface area contributed by atoms with Crippen LogP contribution in [-0.2, 0) is 16.1 Å². The molecule has 0 aliphatic carbocycles. The first-order valence-electron chi connectivity index (χ1n) is 5.56. The van der Waals surface area contributed by atoms with Crippen LogP contribution < -0.4 is 10.6 Å². The second kappa shape index (κ2) is 7.34. The lowest BCUT2D eigenvalue weighted by Crippen LogP contribution is -2.45. The summed E-state index contributed by atoms with van der Waals surface area (Å²) < 4.78 is 4.98. The topological polar surface area (TPSA) is 108 Å². The highest BCUT2D eigenvalue weighted by atomic mass is 16.5. The summed E-state index contributed by atoms with van der Waals surface area (Å²) in [6.07, 6.45) is 0. The number of carboxylic acids is 1. The van der Waals surface area contributed by atoms with E-state index in [2.05, 4.69) is 10.6 Å². The van der Waals surface area contributed by atoms with Crippen LogP contribution in [0, 0.1) is 0 Å². The van der Waals surface area contributed by atoms with E-state index in [1.807, 2.05) is 0 Å². The summed E-state index contributed by atoms with van der Waals surface area (Å²) in [5, 5.41) is 22.2. The van der Waals surface area contributed by atoms with E-state index in [1.165, 1.54) is 7.11 Å². The van der Waals surface area contributed by atoms with Gasteiger partial charge in [-0.15, -0.1) is 0 Å². The standard InChI is InChI=1S/C12H16N2O5/c1-19-7-8-4-2-3-5-9(8)13-12(18)14-10(6-15)11(16)17/h2-5,10,15H,6-7H2,1H3,(H,16,17)(H2,13,14,18)/t10-/m1/s1. The maximum Gasteiger partial charge on any atom is 0.328 e. The second-order valence-corrected chi connectivity index (χ2v) is 3.76. The number of hydrogen-bond donors (Lipinski definition) is 4. The molecule has 0 aliphatic rings. The molecule has 104 valence electrons. The van der Waals surface area contributed by atoms with Crippen molar-refractivity contribution in [3.05, 3.63) is 29.8 Å². The van der Waals surface area contributed by atoms with Crippen LogP contribution in [0.15, 0.2) is 24.3 Å². The number of amides is 2. The van der Waals surface area contributed by atoms with Gasteiger partial charge in [-0.2, -0.15) is 0 Å². The van der Waals surface area contributed by atoms with Crippen molar-refractivity contribution in [2.75, 3.05) is 19.0 Å². The summed E-state index contributed by atoms with van der Waals surface area (Å²) in [5.41, 5.74) is 1.28. The number of benzene rings is 1. The highest BCUT2D eigenvalue weighted by molar-refractivity contribution is 5.92. The van der Waals surface area contributed by atoms with Crippen molar-refractivity contribution >= 4 is 17.7 Å². The van der Waals surface area contributed by atoms with Gasteiger partial charge in [-0.25, -0.2) is 9.59 Å². The van der Waals surface area contributed by atoms with Crippen molar-refractivity contribution < 1.29 is 24.5 Å². The zero-order chi connectivity index (χ0) is 14.3. The molecular weight excluding hydrogens is 252 g/mol. The summed E-state index contributed by atoms with van der Waals surface area (Å²) in [6, 6.07) is 4.93. The molecule has 1 aromatic rings. The number of methoxy groups -OCH3 is 1. The maximum atomic E-state index is 11.6. The average Bonchev–Trinajstić information content (AvgIpc) is 2.38. The van der Waals surface area contributed by atoms with E-state index < -0.39 is 24.6 Å². The van der Waals surface area contributed by atoms with Gasteiger partial charge in [0.1, 0.15) is 0 Å². The van der Waals surface area contributed by atoms with Gasteiger partial charge in [-0.05, 0) is 6.07 Å². The lowest BCUT2D eigenvalue weighted by atomic mass is 10.2. The number of nitrogens with one attached hydrogen (secondary N) is 2. The molecule has 0 saturated carbocycles. The fourth-order valence-corrected chi connectivity index (χ4v) is 1.43. The van der Waals surface area contributed by atoms with Crippen LogP contribution >= 0.6 is 0 Å².